The van der Waals surface area contributed by atoms with Crippen LogP contribution in [0.25, 0.3) is 0 Å². The van der Waals surface area contributed by atoms with Crippen LogP contribution in [0.1, 0.15) is 67.9 Å². The molecule has 1 aromatic heterocycles. The Morgan fingerprint density at radius 3 is 2.92 bits per heavy atom. The quantitative estimate of drug-likeness (QED) is 0.836. The van der Waals surface area contributed by atoms with Gasteiger partial charge in [0.05, 0.1) is 5.56 Å². The van der Waals surface area contributed by atoms with Crippen molar-refractivity contribution in [2.75, 3.05) is 18.4 Å². The summed E-state index contributed by atoms with van der Waals surface area (Å²) in [4.78, 5) is 16.1. The number of thiophene rings is 1. The van der Waals surface area contributed by atoms with Crippen molar-refractivity contribution < 1.29 is 4.79 Å². The van der Waals surface area contributed by atoms with Gasteiger partial charge >= 0.3 is 0 Å². The molecule has 1 fully saturated rings. The summed E-state index contributed by atoms with van der Waals surface area (Å²) in [6.07, 6.45) is 9.90. The molecule has 0 aromatic carbocycles. The average Bonchev–Trinajstić information content (AvgIpc) is 2.74. The molecule has 2 heterocycles. The van der Waals surface area contributed by atoms with Crippen molar-refractivity contribution >= 4 is 22.2 Å². The first-order valence-corrected chi connectivity index (χ1v) is 10.1. The predicted octanol–water partition coefficient (Wildman–Crippen LogP) is 4.09. The van der Waals surface area contributed by atoms with Crippen LogP contribution in [-0.4, -0.2) is 29.9 Å². The van der Waals surface area contributed by atoms with Crippen LogP contribution in [0.4, 0.5) is 5.00 Å². The minimum atomic E-state index is 0.0423. The van der Waals surface area contributed by atoms with E-state index < -0.39 is 0 Å². The van der Waals surface area contributed by atoms with E-state index in [1.807, 2.05) is 0 Å². The molecule has 0 bridgehead atoms. The molecule has 4 nitrogen and oxygen atoms in total. The number of aryl methyl sites for hydroxylation is 1. The van der Waals surface area contributed by atoms with Crippen molar-refractivity contribution in [1.82, 2.24) is 4.90 Å². The van der Waals surface area contributed by atoms with E-state index in [-0.39, 0.29) is 5.91 Å². The Morgan fingerprint density at radius 2 is 2.12 bits per heavy atom. The van der Waals surface area contributed by atoms with Gasteiger partial charge in [-0.1, -0.05) is 12.8 Å². The van der Waals surface area contributed by atoms with Crippen LogP contribution in [-0.2, 0) is 17.6 Å². The number of nitrogens with one attached hydrogen (secondary N) is 1. The lowest BCUT2D eigenvalue weighted by Gasteiger charge is -2.33. The number of anilines is 1. The van der Waals surface area contributed by atoms with Gasteiger partial charge in [0.2, 0.25) is 5.91 Å². The summed E-state index contributed by atoms with van der Waals surface area (Å²) in [5.41, 5.74) is 1.91. The van der Waals surface area contributed by atoms with Crippen molar-refractivity contribution in [2.45, 2.75) is 70.8 Å². The van der Waals surface area contributed by atoms with E-state index >= 15 is 0 Å². The number of piperidine rings is 1. The first-order chi connectivity index (χ1) is 11.7. The number of nitriles is 1. The van der Waals surface area contributed by atoms with Crippen molar-refractivity contribution in [3.8, 4) is 6.07 Å². The number of likely N-dealkylation sites (tertiary alicyclic amines) is 1. The summed E-state index contributed by atoms with van der Waals surface area (Å²) in [6, 6.07) is 2.92. The number of carbonyl (C=O) groups is 1. The first-order valence-electron chi connectivity index (χ1n) is 9.27. The molecule has 0 saturated carbocycles. The fourth-order valence-electron chi connectivity index (χ4n) is 3.87. The molecule has 1 amide bonds. The normalized spacial score (nSPS) is 21.6. The van der Waals surface area contributed by atoms with Crippen molar-refractivity contribution in [2.24, 2.45) is 0 Å². The summed E-state index contributed by atoms with van der Waals surface area (Å²) in [7, 11) is 0. The SMILES string of the molecule is C[C@@H]1CCCCN1CCC(=O)Nc1sc2c(c1C#N)CCCCC2. The highest BCUT2D eigenvalue weighted by molar-refractivity contribution is 7.16. The molecule has 5 heteroatoms. The van der Waals surface area contributed by atoms with Gasteiger partial charge in [0.1, 0.15) is 11.1 Å². The molecule has 130 valence electrons. The molecule has 0 spiro atoms. The Balaban J connectivity index is 1.61. The van der Waals surface area contributed by atoms with Crippen LogP contribution < -0.4 is 5.32 Å². The molecule has 1 aromatic rings. The second-order valence-electron chi connectivity index (χ2n) is 7.06. The van der Waals surface area contributed by atoms with E-state index in [0.717, 1.165) is 42.9 Å². The van der Waals surface area contributed by atoms with Crippen molar-refractivity contribution in [3.05, 3.63) is 16.0 Å². The maximum Gasteiger partial charge on any atom is 0.226 e. The molecule has 1 N–H and O–H groups in total. The zero-order valence-electron chi connectivity index (χ0n) is 14.6. The number of fused-ring (bicyclic) bond motifs is 1. The van der Waals surface area contributed by atoms with Gasteiger partial charge in [-0.25, -0.2) is 0 Å². The van der Waals surface area contributed by atoms with Gasteiger partial charge in [-0.2, -0.15) is 5.26 Å². The molecular weight excluding hydrogens is 318 g/mol. The third-order valence-corrected chi connectivity index (χ3v) is 6.56. The molecular formula is C19H27N3OS. The van der Waals surface area contributed by atoms with E-state index in [2.05, 4.69) is 23.2 Å². The maximum atomic E-state index is 12.4. The minimum Gasteiger partial charge on any atom is -0.317 e. The van der Waals surface area contributed by atoms with E-state index in [9.17, 15) is 10.1 Å². The molecule has 1 saturated heterocycles. The van der Waals surface area contributed by atoms with Crippen LogP contribution in [0.3, 0.4) is 0 Å². The van der Waals surface area contributed by atoms with Crippen LogP contribution in [0.2, 0.25) is 0 Å². The minimum absolute atomic E-state index is 0.0423. The molecule has 1 atom stereocenters. The highest BCUT2D eigenvalue weighted by Gasteiger charge is 2.22. The highest BCUT2D eigenvalue weighted by Crippen LogP contribution is 2.37. The Labute approximate surface area is 148 Å². The van der Waals surface area contributed by atoms with Gasteiger partial charge in [-0.15, -0.1) is 11.3 Å². The van der Waals surface area contributed by atoms with E-state index in [0.29, 0.717) is 12.5 Å². The van der Waals surface area contributed by atoms with E-state index in [1.54, 1.807) is 11.3 Å². The third kappa shape index (κ3) is 3.99. The summed E-state index contributed by atoms with van der Waals surface area (Å²) >= 11 is 1.62. The molecule has 3 rings (SSSR count). The summed E-state index contributed by atoms with van der Waals surface area (Å²) in [6.45, 7) is 4.17. The number of nitrogens with zero attached hydrogens (tertiary/aromatic N) is 2. The predicted molar refractivity (Wildman–Crippen MR) is 98.4 cm³/mol. The second kappa shape index (κ2) is 8.13. The van der Waals surface area contributed by atoms with Gasteiger partial charge < -0.3 is 10.2 Å². The van der Waals surface area contributed by atoms with Crippen molar-refractivity contribution in [3.63, 3.8) is 0 Å². The van der Waals surface area contributed by atoms with E-state index in [1.165, 1.54) is 42.5 Å². The number of hydrogen-bond donors (Lipinski definition) is 1. The monoisotopic (exact) mass is 345 g/mol. The zero-order chi connectivity index (χ0) is 16.9. The molecule has 1 aliphatic carbocycles. The van der Waals surface area contributed by atoms with Crippen LogP contribution in [0, 0.1) is 11.3 Å². The first kappa shape index (κ1) is 17.4. The second-order valence-corrected chi connectivity index (χ2v) is 8.16. The fourth-order valence-corrected chi connectivity index (χ4v) is 5.13. The van der Waals surface area contributed by atoms with Crippen molar-refractivity contribution in [1.29, 1.82) is 5.26 Å². The lowest BCUT2D eigenvalue weighted by molar-refractivity contribution is -0.116. The van der Waals surface area contributed by atoms with Gasteiger partial charge in [-0.3, -0.25) is 4.79 Å². The van der Waals surface area contributed by atoms with Crippen LogP contribution in [0.15, 0.2) is 0 Å². The average molecular weight is 346 g/mol. The number of carbonyl (C=O) groups excluding carboxylic acids is 1. The molecule has 2 aliphatic rings. The van der Waals surface area contributed by atoms with Crippen LogP contribution >= 0.6 is 11.3 Å². The maximum absolute atomic E-state index is 12.4. The van der Waals surface area contributed by atoms with Gasteiger partial charge in [-0.05, 0) is 57.6 Å². The Hall–Kier alpha value is -1.38. The summed E-state index contributed by atoms with van der Waals surface area (Å²) < 4.78 is 0. The van der Waals surface area contributed by atoms with Crippen LogP contribution in [0.5, 0.6) is 0 Å². The van der Waals surface area contributed by atoms with Gasteiger partial charge in [0.25, 0.3) is 0 Å². The number of hydrogen-bond acceptors (Lipinski definition) is 4. The Morgan fingerprint density at radius 1 is 1.29 bits per heavy atom. The smallest absolute Gasteiger partial charge is 0.226 e. The largest absolute Gasteiger partial charge is 0.317 e. The Bertz CT molecular complexity index is 631. The molecule has 24 heavy (non-hydrogen) atoms. The molecule has 0 unspecified atom stereocenters. The number of amides is 1. The fraction of sp³-hybridized carbons (Fsp3) is 0.684. The number of rotatable bonds is 4. The van der Waals surface area contributed by atoms with E-state index in [4.69, 9.17) is 0 Å². The standard InChI is InChI=1S/C19H27N3OS/c1-14-7-5-6-11-22(14)12-10-18(23)21-19-16(13-20)15-8-3-2-4-9-17(15)24-19/h14H,2-12H2,1H3,(H,21,23)/t14-/m1/s1. The van der Waals surface area contributed by atoms with Gasteiger partial charge in [0.15, 0.2) is 0 Å². The lowest BCUT2D eigenvalue weighted by atomic mass is 10.0. The zero-order valence-corrected chi connectivity index (χ0v) is 15.4. The topological polar surface area (TPSA) is 56.1 Å². The molecule has 0 radical (unpaired) electrons. The van der Waals surface area contributed by atoms with Gasteiger partial charge in [0, 0.05) is 23.9 Å². The molecule has 1 aliphatic heterocycles. The highest BCUT2D eigenvalue weighted by atomic mass is 32.1. The Kier molecular flexibility index (Phi) is 5.91. The third-order valence-electron chi connectivity index (χ3n) is 5.35. The summed E-state index contributed by atoms with van der Waals surface area (Å²) in [5.74, 6) is 0.0423. The lowest BCUT2D eigenvalue weighted by Crippen LogP contribution is -2.39. The summed E-state index contributed by atoms with van der Waals surface area (Å²) in [5, 5.41) is 13.3.